The molecule has 1 unspecified atom stereocenters. The van der Waals surface area contributed by atoms with Crippen LogP contribution in [0.1, 0.15) is 24.1 Å². The van der Waals surface area contributed by atoms with Gasteiger partial charge in [-0.05, 0) is 23.6 Å². The van der Waals surface area contributed by atoms with Gasteiger partial charge in [0.05, 0.1) is 11.0 Å². The summed E-state index contributed by atoms with van der Waals surface area (Å²) in [6, 6.07) is 18.1. The van der Waals surface area contributed by atoms with Crippen LogP contribution in [0.2, 0.25) is 0 Å². The molecule has 0 saturated heterocycles. The monoisotopic (exact) mass is 307 g/mol. The lowest BCUT2D eigenvalue weighted by Crippen LogP contribution is -2.29. The topological polar surface area (TPSA) is 46.9 Å². The molecule has 1 heterocycles. The Bertz CT molecular complexity index is 855. The first-order chi connectivity index (χ1) is 11.2. The number of hydrogen-bond donors (Lipinski definition) is 1. The number of hydrogen-bond acceptors (Lipinski definition) is 3. The highest BCUT2D eigenvalue weighted by atomic mass is 16.1. The predicted octanol–water partition coefficient (Wildman–Crippen LogP) is 2.83. The second-order valence-electron chi connectivity index (χ2n) is 5.85. The number of benzene rings is 2. The van der Waals surface area contributed by atoms with Crippen molar-refractivity contribution in [1.29, 1.82) is 0 Å². The Kier molecular flexibility index (Phi) is 4.53. The van der Waals surface area contributed by atoms with E-state index in [9.17, 15) is 4.79 Å². The molecular weight excluding hydrogens is 286 g/mol. The van der Waals surface area contributed by atoms with Crippen molar-refractivity contribution in [1.82, 2.24) is 14.9 Å². The zero-order chi connectivity index (χ0) is 16.2. The van der Waals surface area contributed by atoms with Gasteiger partial charge in [-0.1, -0.05) is 49.4 Å². The lowest BCUT2D eigenvalue weighted by atomic mass is 10.0. The summed E-state index contributed by atoms with van der Waals surface area (Å²) in [7, 11) is 1.79. The van der Waals surface area contributed by atoms with E-state index in [1.54, 1.807) is 11.6 Å². The summed E-state index contributed by atoms with van der Waals surface area (Å²) in [4.78, 5) is 16.9. The van der Waals surface area contributed by atoms with Crippen molar-refractivity contribution in [3.05, 3.63) is 76.2 Å². The zero-order valence-electron chi connectivity index (χ0n) is 13.5. The fraction of sp³-hybridized carbons (Fsp3) is 0.263. The SMILES string of the molecule is CC(CNCc1nc2ccccc2n(C)c1=O)c1ccccc1. The van der Waals surface area contributed by atoms with Crippen LogP contribution < -0.4 is 10.9 Å². The predicted molar refractivity (Wildman–Crippen MR) is 93.5 cm³/mol. The molecule has 0 aliphatic rings. The van der Waals surface area contributed by atoms with Gasteiger partial charge in [0.15, 0.2) is 0 Å². The second kappa shape index (κ2) is 6.75. The number of rotatable bonds is 5. The normalized spacial score (nSPS) is 12.4. The summed E-state index contributed by atoms with van der Waals surface area (Å²) in [5.41, 5.74) is 3.52. The Morgan fingerprint density at radius 1 is 1.09 bits per heavy atom. The van der Waals surface area contributed by atoms with Crippen molar-refractivity contribution in [2.24, 2.45) is 7.05 Å². The van der Waals surface area contributed by atoms with E-state index < -0.39 is 0 Å². The van der Waals surface area contributed by atoms with Gasteiger partial charge in [0.1, 0.15) is 5.69 Å². The molecule has 0 radical (unpaired) electrons. The summed E-state index contributed by atoms with van der Waals surface area (Å²) < 4.78 is 1.67. The van der Waals surface area contributed by atoms with Crippen LogP contribution in [0, 0.1) is 0 Å². The third kappa shape index (κ3) is 3.32. The minimum atomic E-state index is -0.0384. The van der Waals surface area contributed by atoms with Crippen LogP contribution in [-0.4, -0.2) is 16.1 Å². The third-order valence-corrected chi connectivity index (χ3v) is 4.16. The van der Waals surface area contributed by atoms with Crippen molar-refractivity contribution < 1.29 is 0 Å². The molecule has 0 spiro atoms. The fourth-order valence-electron chi connectivity index (χ4n) is 2.76. The molecule has 0 aliphatic carbocycles. The van der Waals surface area contributed by atoms with Gasteiger partial charge < -0.3 is 9.88 Å². The van der Waals surface area contributed by atoms with E-state index in [-0.39, 0.29) is 5.56 Å². The molecule has 3 aromatic rings. The molecule has 0 aliphatic heterocycles. The van der Waals surface area contributed by atoms with Gasteiger partial charge in [-0.2, -0.15) is 0 Å². The standard InChI is InChI=1S/C19H21N3O/c1-14(15-8-4-3-5-9-15)12-20-13-17-19(23)22(2)18-11-7-6-10-16(18)21-17/h3-11,14,20H,12-13H2,1-2H3. The average molecular weight is 307 g/mol. The molecule has 1 N–H and O–H groups in total. The molecule has 3 rings (SSSR count). The first-order valence-corrected chi connectivity index (χ1v) is 7.87. The number of aromatic nitrogens is 2. The van der Waals surface area contributed by atoms with E-state index in [1.165, 1.54) is 5.56 Å². The summed E-state index contributed by atoms with van der Waals surface area (Å²) in [5.74, 6) is 0.389. The van der Waals surface area contributed by atoms with Crippen LogP contribution in [0.5, 0.6) is 0 Å². The maximum Gasteiger partial charge on any atom is 0.273 e. The van der Waals surface area contributed by atoms with Gasteiger partial charge in [-0.15, -0.1) is 0 Å². The number of fused-ring (bicyclic) bond motifs is 1. The van der Waals surface area contributed by atoms with Crippen LogP contribution in [0.15, 0.2) is 59.4 Å². The summed E-state index contributed by atoms with van der Waals surface area (Å²) in [6.45, 7) is 3.46. The van der Waals surface area contributed by atoms with Crippen molar-refractivity contribution in [3.63, 3.8) is 0 Å². The first kappa shape index (κ1) is 15.4. The molecule has 1 aromatic heterocycles. The Morgan fingerprint density at radius 3 is 2.57 bits per heavy atom. The van der Waals surface area contributed by atoms with E-state index in [0.717, 1.165) is 17.6 Å². The number of aryl methyl sites for hydroxylation is 1. The van der Waals surface area contributed by atoms with E-state index in [0.29, 0.717) is 18.2 Å². The summed E-state index contributed by atoms with van der Waals surface area (Å²) in [6.07, 6.45) is 0. The van der Waals surface area contributed by atoms with Crippen molar-refractivity contribution in [2.45, 2.75) is 19.4 Å². The first-order valence-electron chi connectivity index (χ1n) is 7.87. The lowest BCUT2D eigenvalue weighted by molar-refractivity contribution is 0.603. The summed E-state index contributed by atoms with van der Waals surface area (Å²) >= 11 is 0. The van der Waals surface area contributed by atoms with E-state index in [1.807, 2.05) is 42.5 Å². The van der Waals surface area contributed by atoms with Gasteiger partial charge in [-0.3, -0.25) is 4.79 Å². The number of nitrogens with one attached hydrogen (secondary N) is 1. The molecular formula is C19H21N3O. The van der Waals surface area contributed by atoms with Crippen LogP contribution in [0.25, 0.3) is 11.0 Å². The number of para-hydroxylation sites is 2. The minimum Gasteiger partial charge on any atom is -0.310 e. The van der Waals surface area contributed by atoms with Crippen molar-refractivity contribution >= 4 is 11.0 Å². The molecule has 1 atom stereocenters. The molecule has 0 bridgehead atoms. The molecule has 2 aromatic carbocycles. The van der Waals surface area contributed by atoms with Crippen LogP contribution in [0.4, 0.5) is 0 Å². The Hall–Kier alpha value is -2.46. The highest BCUT2D eigenvalue weighted by Gasteiger charge is 2.09. The molecule has 0 amide bonds. The van der Waals surface area contributed by atoms with E-state index in [2.05, 4.69) is 29.4 Å². The molecule has 0 fully saturated rings. The maximum absolute atomic E-state index is 12.4. The van der Waals surface area contributed by atoms with Gasteiger partial charge in [-0.25, -0.2) is 4.98 Å². The molecule has 23 heavy (non-hydrogen) atoms. The zero-order valence-corrected chi connectivity index (χ0v) is 13.5. The van der Waals surface area contributed by atoms with Crippen molar-refractivity contribution in [2.75, 3.05) is 6.54 Å². The molecule has 0 saturated carbocycles. The molecule has 118 valence electrons. The van der Waals surface area contributed by atoms with Crippen LogP contribution >= 0.6 is 0 Å². The minimum absolute atomic E-state index is 0.0384. The highest BCUT2D eigenvalue weighted by Crippen LogP contribution is 2.13. The van der Waals surface area contributed by atoms with E-state index in [4.69, 9.17) is 0 Å². The Balaban J connectivity index is 1.72. The van der Waals surface area contributed by atoms with Crippen LogP contribution in [0.3, 0.4) is 0 Å². The third-order valence-electron chi connectivity index (χ3n) is 4.16. The smallest absolute Gasteiger partial charge is 0.273 e. The lowest BCUT2D eigenvalue weighted by Gasteiger charge is -2.13. The van der Waals surface area contributed by atoms with E-state index >= 15 is 0 Å². The van der Waals surface area contributed by atoms with Gasteiger partial charge in [0.2, 0.25) is 0 Å². The second-order valence-corrected chi connectivity index (χ2v) is 5.85. The van der Waals surface area contributed by atoms with Crippen LogP contribution in [-0.2, 0) is 13.6 Å². The summed E-state index contributed by atoms with van der Waals surface area (Å²) in [5, 5.41) is 3.36. The fourth-order valence-corrected chi connectivity index (χ4v) is 2.76. The van der Waals surface area contributed by atoms with Gasteiger partial charge >= 0.3 is 0 Å². The Labute approximate surface area is 135 Å². The number of nitrogens with zero attached hydrogens (tertiary/aromatic N) is 2. The Morgan fingerprint density at radius 2 is 1.78 bits per heavy atom. The average Bonchev–Trinajstić information content (AvgIpc) is 2.60. The quantitative estimate of drug-likeness (QED) is 0.788. The maximum atomic E-state index is 12.4. The van der Waals surface area contributed by atoms with Crippen molar-refractivity contribution in [3.8, 4) is 0 Å². The highest BCUT2D eigenvalue weighted by molar-refractivity contribution is 5.74. The van der Waals surface area contributed by atoms with Gasteiger partial charge in [0, 0.05) is 20.1 Å². The van der Waals surface area contributed by atoms with Gasteiger partial charge in [0.25, 0.3) is 5.56 Å². The largest absolute Gasteiger partial charge is 0.310 e. The molecule has 4 nitrogen and oxygen atoms in total. The molecule has 4 heteroatoms.